The number of hydrazine groups is 1. The molecule has 0 aliphatic rings. The second-order valence-corrected chi connectivity index (χ2v) is 4.06. The summed E-state index contributed by atoms with van der Waals surface area (Å²) in [6.07, 6.45) is 4.95. The number of benzene rings is 1. The average Bonchev–Trinajstić information content (AvgIpc) is 2.39. The van der Waals surface area contributed by atoms with E-state index in [2.05, 4.69) is 24.1 Å². The highest BCUT2D eigenvalue weighted by Crippen LogP contribution is 2.23. The van der Waals surface area contributed by atoms with Crippen molar-refractivity contribution < 1.29 is 4.74 Å². The van der Waals surface area contributed by atoms with Crippen molar-refractivity contribution in [1.82, 2.24) is 5.43 Å². The lowest BCUT2D eigenvalue weighted by Crippen LogP contribution is -2.40. The summed E-state index contributed by atoms with van der Waals surface area (Å²) in [4.78, 5) is 0. The maximum Gasteiger partial charge on any atom is 0.0987 e. The van der Waals surface area contributed by atoms with Gasteiger partial charge in [0.25, 0.3) is 0 Å². The molecule has 0 heterocycles. The van der Waals surface area contributed by atoms with Crippen molar-refractivity contribution in [3.8, 4) is 0 Å². The molecule has 0 saturated heterocycles. The number of hydrogen-bond donors (Lipinski definition) is 2. The SMILES string of the molecule is C=CCCCC(NN)C(OC)c1ccccc1. The fourth-order valence-corrected chi connectivity index (χ4v) is 1.98. The summed E-state index contributed by atoms with van der Waals surface area (Å²) in [5, 5.41) is 0. The van der Waals surface area contributed by atoms with Gasteiger partial charge in [-0.15, -0.1) is 6.58 Å². The summed E-state index contributed by atoms with van der Waals surface area (Å²) in [6, 6.07) is 10.3. The highest BCUT2D eigenvalue weighted by atomic mass is 16.5. The van der Waals surface area contributed by atoms with E-state index in [0.29, 0.717) is 0 Å². The molecule has 1 aromatic rings. The number of ether oxygens (including phenoxy) is 1. The molecular formula is C14H22N2O. The molecule has 0 amide bonds. The van der Waals surface area contributed by atoms with Gasteiger partial charge in [-0.3, -0.25) is 11.3 Å². The molecule has 94 valence electrons. The molecule has 3 nitrogen and oxygen atoms in total. The molecule has 0 aromatic heterocycles. The first-order chi connectivity index (χ1) is 8.33. The second kappa shape index (κ2) is 8.01. The molecule has 1 aromatic carbocycles. The Hall–Kier alpha value is -1.16. The molecule has 2 atom stereocenters. The van der Waals surface area contributed by atoms with Gasteiger partial charge in [-0.25, -0.2) is 0 Å². The van der Waals surface area contributed by atoms with E-state index < -0.39 is 0 Å². The number of hydrogen-bond acceptors (Lipinski definition) is 3. The Morgan fingerprint density at radius 2 is 2.12 bits per heavy atom. The molecule has 3 heteroatoms. The Bertz CT molecular complexity index is 313. The summed E-state index contributed by atoms with van der Waals surface area (Å²) >= 11 is 0. The molecule has 0 saturated carbocycles. The fraction of sp³-hybridized carbons (Fsp3) is 0.429. The van der Waals surface area contributed by atoms with Gasteiger partial charge in [0.15, 0.2) is 0 Å². The summed E-state index contributed by atoms with van der Waals surface area (Å²) in [7, 11) is 1.72. The van der Waals surface area contributed by atoms with E-state index in [-0.39, 0.29) is 12.1 Å². The zero-order valence-corrected chi connectivity index (χ0v) is 10.4. The Morgan fingerprint density at radius 3 is 2.65 bits per heavy atom. The molecule has 0 aliphatic carbocycles. The number of nitrogens with one attached hydrogen (secondary N) is 1. The third-order valence-electron chi connectivity index (χ3n) is 2.88. The van der Waals surface area contributed by atoms with E-state index in [1.54, 1.807) is 7.11 Å². The Kier molecular flexibility index (Phi) is 6.55. The van der Waals surface area contributed by atoms with Crippen LogP contribution in [0.25, 0.3) is 0 Å². The maximum absolute atomic E-state index is 5.61. The van der Waals surface area contributed by atoms with Crippen LogP contribution in [0.4, 0.5) is 0 Å². The zero-order valence-electron chi connectivity index (χ0n) is 10.4. The molecule has 0 aliphatic heterocycles. The first-order valence-corrected chi connectivity index (χ1v) is 5.98. The Labute approximate surface area is 104 Å². The van der Waals surface area contributed by atoms with Crippen LogP contribution in [0, 0.1) is 0 Å². The molecule has 3 N–H and O–H groups in total. The lowest BCUT2D eigenvalue weighted by Gasteiger charge is -2.25. The molecule has 0 spiro atoms. The topological polar surface area (TPSA) is 47.3 Å². The highest BCUT2D eigenvalue weighted by molar-refractivity contribution is 5.19. The van der Waals surface area contributed by atoms with Crippen LogP contribution >= 0.6 is 0 Å². The van der Waals surface area contributed by atoms with Gasteiger partial charge >= 0.3 is 0 Å². The predicted molar refractivity (Wildman–Crippen MR) is 71.4 cm³/mol. The van der Waals surface area contributed by atoms with Gasteiger partial charge in [-0.2, -0.15) is 0 Å². The van der Waals surface area contributed by atoms with Crippen molar-refractivity contribution in [2.24, 2.45) is 5.84 Å². The first-order valence-electron chi connectivity index (χ1n) is 5.98. The molecule has 1 rings (SSSR count). The number of allylic oxidation sites excluding steroid dienone is 1. The second-order valence-electron chi connectivity index (χ2n) is 4.06. The van der Waals surface area contributed by atoms with E-state index in [4.69, 9.17) is 10.6 Å². The van der Waals surface area contributed by atoms with Gasteiger partial charge in [-0.05, 0) is 24.8 Å². The number of unbranched alkanes of at least 4 members (excludes halogenated alkanes) is 1. The van der Waals surface area contributed by atoms with Gasteiger partial charge in [0.05, 0.1) is 12.1 Å². The third-order valence-corrected chi connectivity index (χ3v) is 2.88. The van der Waals surface area contributed by atoms with Gasteiger partial charge in [0.1, 0.15) is 0 Å². The van der Waals surface area contributed by atoms with Crippen LogP contribution < -0.4 is 11.3 Å². The normalized spacial score (nSPS) is 14.2. The van der Waals surface area contributed by atoms with Crippen LogP contribution in [-0.4, -0.2) is 13.2 Å². The largest absolute Gasteiger partial charge is 0.375 e. The minimum atomic E-state index is -0.00832. The summed E-state index contributed by atoms with van der Waals surface area (Å²) in [6.45, 7) is 3.72. The quantitative estimate of drug-likeness (QED) is 0.314. The van der Waals surface area contributed by atoms with Crippen LogP contribution in [0.3, 0.4) is 0 Å². The van der Waals surface area contributed by atoms with Crippen LogP contribution in [0.5, 0.6) is 0 Å². The van der Waals surface area contributed by atoms with Crippen molar-refractivity contribution in [3.63, 3.8) is 0 Å². The number of rotatable bonds is 8. The van der Waals surface area contributed by atoms with Gasteiger partial charge in [0.2, 0.25) is 0 Å². The fourth-order valence-electron chi connectivity index (χ4n) is 1.98. The highest BCUT2D eigenvalue weighted by Gasteiger charge is 2.20. The molecule has 17 heavy (non-hydrogen) atoms. The Morgan fingerprint density at radius 1 is 1.41 bits per heavy atom. The van der Waals surface area contributed by atoms with E-state index in [0.717, 1.165) is 24.8 Å². The molecule has 0 fully saturated rings. The summed E-state index contributed by atoms with van der Waals surface area (Å²) in [5.41, 5.74) is 4.00. The number of methoxy groups -OCH3 is 1. The van der Waals surface area contributed by atoms with Gasteiger partial charge < -0.3 is 4.74 Å². The summed E-state index contributed by atoms with van der Waals surface area (Å²) in [5.74, 6) is 5.61. The molecule has 0 radical (unpaired) electrons. The monoisotopic (exact) mass is 234 g/mol. The lowest BCUT2D eigenvalue weighted by atomic mass is 9.98. The van der Waals surface area contributed by atoms with Crippen molar-refractivity contribution in [2.45, 2.75) is 31.4 Å². The molecular weight excluding hydrogens is 212 g/mol. The van der Waals surface area contributed by atoms with Crippen molar-refractivity contribution in [3.05, 3.63) is 48.6 Å². The standard InChI is InChI=1S/C14H22N2O/c1-3-4-6-11-13(16-15)14(17-2)12-9-7-5-8-10-12/h3,5,7-10,13-14,16H,1,4,6,11,15H2,2H3. The van der Waals surface area contributed by atoms with Crippen molar-refractivity contribution in [2.75, 3.05) is 7.11 Å². The number of nitrogens with two attached hydrogens (primary N) is 1. The summed E-state index contributed by atoms with van der Waals surface area (Å²) < 4.78 is 5.55. The van der Waals surface area contributed by atoms with Crippen molar-refractivity contribution in [1.29, 1.82) is 0 Å². The average molecular weight is 234 g/mol. The zero-order chi connectivity index (χ0) is 12.5. The van der Waals surface area contributed by atoms with Crippen molar-refractivity contribution >= 4 is 0 Å². The third kappa shape index (κ3) is 4.30. The van der Waals surface area contributed by atoms with Crippen LogP contribution in [-0.2, 0) is 4.74 Å². The lowest BCUT2D eigenvalue weighted by molar-refractivity contribution is 0.0643. The molecule has 2 unspecified atom stereocenters. The van der Waals surface area contributed by atoms with E-state index in [1.165, 1.54) is 0 Å². The predicted octanol–water partition coefficient (Wildman–Crippen LogP) is 2.56. The van der Waals surface area contributed by atoms with Gasteiger partial charge in [0, 0.05) is 7.11 Å². The molecule has 0 bridgehead atoms. The van der Waals surface area contributed by atoms with Crippen LogP contribution in [0.2, 0.25) is 0 Å². The minimum absolute atomic E-state index is 0.00832. The van der Waals surface area contributed by atoms with Crippen LogP contribution in [0.15, 0.2) is 43.0 Å². The Balaban J connectivity index is 2.66. The van der Waals surface area contributed by atoms with E-state index >= 15 is 0 Å². The van der Waals surface area contributed by atoms with E-state index in [1.807, 2.05) is 24.3 Å². The van der Waals surface area contributed by atoms with E-state index in [9.17, 15) is 0 Å². The first kappa shape index (κ1) is 13.9. The van der Waals surface area contributed by atoms with Gasteiger partial charge in [-0.1, -0.05) is 36.4 Å². The smallest absolute Gasteiger partial charge is 0.0987 e. The minimum Gasteiger partial charge on any atom is -0.375 e. The van der Waals surface area contributed by atoms with Crippen LogP contribution in [0.1, 0.15) is 30.9 Å². The maximum atomic E-state index is 5.61.